The Hall–Kier alpha value is -1.52. The molecule has 0 saturated heterocycles. The zero-order valence-electron chi connectivity index (χ0n) is 11.1. The molecule has 0 atom stereocenters. The topological polar surface area (TPSA) is 64.3 Å². The van der Waals surface area contributed by atoms with E-state index in [0.717, 1.165) is 18.8 Å². The van der Waals surface area contributed by atoms with Crippen molar-refractivity contribution < 1.29 is 4.74 Å². The molecule has 0 radical (unpaired) electrons. The van der Waals surface area contributed by atoms with Crippen LogP contribution in [0.4, 0.5) is 11.5 Å². The quantitative estimate of drug-likeness (QED) is 0.822. The van der Waals surface area contributed by atoms with E-state index >= 15 is 0 Å². The number of hydrogen-bond acceptors (Lipinski definition) is 5. The molecule has 1 aromatic heterocycles. The standard InChI is InChI=1S/C12H22N4O/c1-5-7-17-12-10(13)11(14-8-15-12)16(6-2)9(3)4/h8-9H,5-7,13H2,1-4H3. The minimum Gasteiger partial charge on any atom is -0.476 e. The third-order valence-corrected chi connectivity index (χ3v) is 2.51. The summed E-state index contributed by atoms with van der Waals surface area (Å²) in [4.78, 5) is 10.4. The lowest BCUT2D eigenvalue weighted by molar-refractivity contribution is 0.306. The maximum Gasteiger partial charge on any atom is 0.242 e. The fourth-order valence-electron chi connectivity index (χ4n) is 1.67. The number of rotatable bonds is 6. The fourth-order valence-corrected chi connectivity index (χ4v) is 1.67. The van der Waals surface area contributed by atoms with E-state index in [2.05, 4.69) is 35.6 Å². The third kappa shape index (κ3) is 3.22. The second-order valence-electron chi connectivity index (χ2n) is 4.14. The van der Waals surface area contributed by atoms with Crippen LogP contribution >= 0.6 is 0 Å². The van der Waals surface area contributed by atoms with Gasteiger partial charge in [-0.15, -0.1) is 0 Å². The molecule has 0 saturated carbocycles. The van der Waals surface area contributed by atoms with Gasteiger partial charge in [0.25, 0.3) is 0 Å². The van der Waals surface area contributed by atoms with Gasteiger partial charge in [0.15, 0.2) is 5.82 Å². The maximum absolute atomic E-state index is 6.05. The van der Waals surface area contributed by atoms with Crippen molar-refractivity contribution in [2.75, 3.05) is 23.8 Å². The number of nitrogens with zero attached hydrogens (tertiary/aromatic N) is 3. The molecule has 0 aromatic carbocycles. The first-order valence-corrected chi connectivity index (χ1v) is 6.11. The molecule has 0 amide bonds. The molecule has 0 fully saturated rings. The molecule has 1 heterocycles. The number of ether oxygens (including phenoxy) is 1. The molecule has 1 rings (SSSR count). The SMILES string of the molecule is CCCOc1ncnc(N(CC)C(C)C)c1N. The van der Waals surface area contributed by atoms with Gasteiger partial charge in [-0.1, -0.05) is 6.92 Å². The van der Waals surface area contributed by atoms with E-state index in [9.17, 15) is 0 Å². The summed E-state index contributed by atoms with van der Waals surface area (Å²) >= 11 is 0. The minimum atomic E-state index is 0.344. The van der Waals surface area contributed by atoms with Crippen LogP contribution in [0.5, 0.6) is 5.88 Å². The van der Waals surface area contributed by atoms with Crippen LogP contribution in [-0.4, -0.2) is 29.2 Å². The first-order valence-electron chi connectivity index (χ1n) is 6.11. The number of nitrogen functional groups attached to an aromatic ring is 1. The smallest absolute Gasteiger partial charge is 0.242 e. The van der Waals surface area contributed by atoms with E-state index in [4.69, 9.17) is 10.5 Å². The molecule has 5 nitrogen and oxygen atoms in total. The van der Waals surface area contributed by atoms with E-state index in [1.165, 1.54) is 6.33 Å². The third-order valence-electron chi connectivity index (χ3n) is 2.51. The maximum atomic E-state index is 6.05. The second-order valence-corrected chi connectivity index (χ2v) is 4.14. The average molecular weight is 238 g/mol. The number of anilines is 2. The van der Waals surface area contributed by atoms with Gasteiger partial charge in [-0.2, -0.15) is 4.98 Å². The summed E-state index contributed by atoms with van der Waals surface area (Å²) in [6.07, 6.45) is 2.43. The van der Waals surface area contributed by atoms with Crippen LogP contribution in [0.25, 0.3) is 0 Å². The highest BCUT2D eigenvalue weighted by Gasteiger charge is 2.16. The van der Waals surface area contributed by atoms with Crippen molar-refractivity contribution in [3.05, 3.63) is 6.33 Å². The summed E-state index contributed by atoms with van der Waals surface area (Å²) in [6, 6.07) is 0.344. The van der Waals surface area contributed by atoms with E-state index in [-0.39, 0.29) is 0 Å². The molecule has 1 aromatic rings. The molecule has 96 valence electrons. The van der Waals surface area contributed by atoms with Gasteiger partial charge in [-0.3, -0.25) is 0 Å². The summed E-state index contributed by atoms with van der Waals surface area (Å²) in [5, 5.41) is 0. The molecule has 0 aliphatic heterocycles. The predicted molar refractivity (Wildman–Crippen MR) is 70.4 cm³/mol. The highest BCUT2D eigenvalue weighted by molar-refractivity contribution is 5.67. The van der Waals surface area contributed by atoms with Crippen LogP contribution in [0.2, 0.25) is 0 Å². The summed E-state index contributed by atoms with van der Waals surface area (Å²) in [5.41, 5.74) is 6.57. The van der Waals surface area contributed by atoms with Gasteiger partial charge in [-0.05, 0) is 27.2 Å². The summed E-state index contributed by atoms with van der Waals surface area (Å²) < 4.78 is 5.50. The van der Waals surface area contributed by atoms with Gasteiger partial charge in [0.1, 0.15) is 12.0 Å². The average Bonchev–Trinajstić information content (AvgIpc) is 2.30. The van der Waals surface area contributed by atoms with Crippen molar-refractivity contribution in [1.29, 1.82) is 0 Å². The first kappa shape index (κ1) is 13.5. The number of nitrogens with two attached hydrogens (primary N) is 1. The van der Waals surface area contributed by atoms with E-state index in [1.807, 2.05) is 6.92 Å². The van der Waals surface area contributed by atoms with Crippen molar-refractivity contribution in [1.82, 2.24) is 9.97 Å². The highest BCUT2D eigenvalue weighted by Crippen LogP contribution is 2.28. The second kappa shape index (κ2) is 6.27. The molecular formula is C12H22N4O. The first-order chi connectivity index (χ1) is 8.11. The lowest BCUT2D eigenvalue weighted by Gasteiger charge is -2.27. The molecule has 0 aliphatic carbocycles. The molecular weight excluding hydrogens is 216 g/mol. The molecule has 5 heteroatoms. The lowest BCUT2D eigenvalue weighted by Crippen LogP contribution is -2.32. The molecule has 0 unspecified atom stereocenters. The van der Waals surface area contributed by atoms with Crippen molar-refractivity contribution in [2.45, 2.75) is 40.2 Å². The molecule has 0 spiro atoms. The van der Waals surface area contributed by atoms with E-state index in [1.54, 1.807) is 0 Å². The molecule has 2 N–H and O–H groups in total. The monoisotopic (exact) mass is 238 g/mol. The Morgan fingerprint density at radius 2 is 2.06 bits per heavy atom. The lowest BCUT2D eigenvalue weighted by atomic mass is 10.3. The zero-order chi connectivity index (χ0) is 12.8. The number of aromatic nitrogens is 2. The summed E-state index contributed by atoms with van der Waals surface area (Å²) in [5.74, 6) is 1.24. The van der Waals surface area contributed by atoms with E-state index in [0.29, 0.717) is 24.2 Å². The Morgan fingerprint density at radius 1 is 1.35 bits per heavy atom. The molecule has 0 bridgehead atoms. The van der Waals surface area contributed by atoms with Gasteiger partial charge < -0.3 is 15.4 Å². The Morgan fingerprint density at radius 3 is 2.59 bits per heavy atom. The summed E-state index contributed by atoms with van der Waals surface area (Å²) in [6.45, 7) is 9.81. The van der Waals surface area contributed by atoms with Gasteiger partial charge in [0.05, 0.1) is 6.61 Å². The van der Waals surface area contributed by atoms with Crippen LogP contribution in [0.1, 0.15) is 34.1 Å². The predicted octanol–water partition coefficient (Wildman–Crippen LogP) is 2.08. The fraction of sp³-hybridized carbons (Fsp3) is 0.667. The van der Waals surface area contributed by atoms with Gasteiger partial charge in [-0.25, -0.2) is 4.98 Å². The van der Waals surface area contributed by atoms with Crippen molar-refractivity contribution >= 4 is 11.5 Å². The molecule has 0 aliphatic rings. The Balaban J connectivity index is 2.99. The van der Waals surface area contributed by atoms with Gasteiger partial charge in [0.2, 0.25) is 5.88 Å². The van der Waals surface area contributed by atoms with Crippen LogP contribution in [0.15, 0.2) is 6.33 Å². The van der Waals surface area contributed by atoms with Crippen LogP contribution in [0.3, 0.4) is 0 Å². The van der Waals surface area contributed by atoms with Gasteiger partial charge in [0, 0.05) is 12.6 Å². The minimum absolute atomic E-state index is 0.344. The highest BCUT2D eigenvalue weighted by atomic mass is 16.5. The number of hydrogen-bond donors (Lipinski definition) is 1. The molecule has 17 heavy (non-hydrogen) atoms. The summed E-state index contributed by atoms with van der Waals surface area (Å²) in [7, 11) is 0. The Bertz CT molecular complexity index is 354. The largest absolute Gasteiger partial charge is 0.476 e. The van der Waals surface area contributed by atoms with Crippen LogP contribution in [-0.2, 0) is 0 Å². The zero-order valence-corrected chi connectivity index (χ0v) is 11.1. The van der Waals surface area contributed by atoms with Crippen molar-refractivity contribution in [3.8, 4) is 5.88 Å². The van der Waals surface area contributed by atoms with Gasteiger partial charge >= 0.3 is 0 Å². The normalized spacial score (nSPS) is 10.6. The van der Waals surface area contributed by atoms with Crippen LogP contribution < -0.4 is 15.4 Å². The Labute approximate surface area is 103 Å². The Kier molecular flexibility index (Phi) is 5.00. The van der Waals surface area contributed by atoms with Crippen molar-refractivity contribution in [3.63, 3.8) is 0 Å². The van der Waals surface area contributed by atoms with Crippen LogP contribution in [0, 0.1) is 0 Å². The van der Waals surface area contributed by atoms with Crippen molar-refractivity contribution in [2.24, 2.45) is 0 Å². The van der Waals surface area contributed by atoms with E-state index < -0.39 is 0 Å².